The second-order valence-corrected chi connectivity index (χ2v) is 6.62. The molecule has 0 spiro atoms. The molecule has 120 valence electrons. The van der Waals surface area contributed by atoms with Gasteiger partial charge in [0.1, 0.15) is 0 Å². The standard InChI is InChI=1S/C21H15N3O/c25-21-20-19(12-6-2-4-8-16(12)24-21)14-9-13-11-5-1-3-7-15(11)22-17(13)10-18(14)23-20/h1-10,21-25H. The van der Waals surface area contributed by atoms with Gasteiger partial charge in [-0.3, -0.25) is 0 Å². The minimum Gasteiger partial charge on any atom is -0.368 e. The maximum absolute atomic E-state index is 10.5. The number of rotatable bonds is 0. The van der Waals surface area contributed by atoms with Gasteiger partial charge in [0, 0.05) is 49.5 Å². The minimum atomic E-state index is -0.729. The molecule has 3 heterocycles. The highest BCUT2D eigenvalue weighted by Crippen LogP contribution is 2.44. The molecule has 0 radical (unpaired) electrons. The van der Waals surface area contributed by atoms with E-state index in [2.05, 4.69) is 51.7 Å². The van der Waals surface area contributed by atoms with Crippen LogP contribution in [-0.2, 0) is 0 Å². The number of nitrogens with one attached hydrogen (secondary N) is 3. The molecule has 0 saturated heterocycles. The average Bonchev–Trinajstić information content (AvgIpc) is 3.18. The first-order chi connectivity index (χ1) is 12.3. The van der Waals surface area contributed by atoms with Crippen molar-refractivity contribution < 1.29 is 5.11 Å². The Morgan fingerprint density at radius 2 is 1.52 bits per heavy atom. The SMILES string of the molecule is OC1Nc2ccccc2-c2c1[nH]c1cc3[nH]c4ccccc4c3cc21. The zero-order valence-electron chi connectivity index (χ0n) is 13.3. The number of aromatic amines is 2. The smallest absolute Gasteiger partial charge is 0.166 e. The van der Waals surface area contributed by atoms with Gasteiger partial charge in [-0.25, -0.2) is 0 Å². The highest BCUT2D eigenvalue weighted by Gasteiger charge is 2.26. The van der Waals surface area contributed by atoms with Crippen LogP contribution in [0, 0.1) is 0 Å². The summed E-state index contributed by atoms with van der Waals surface area (Å²) in [6.45, 7) is 0. The highest BCUT2D eigenvalue weighted by atomic mass is 16.3. The molecule has 0 saturated carbocycles. The first-order valence-electron chi connectivity index (χ1n) is 8.39. The fourth-order valence-electron chi connectivity index (χ4n) is 4.10. The summed E-state index contributed by atoms with van der Waals surface area (Å²) in [6, 6.07) is 20.8. The van der Waals surface area contributed by atoms with Gasteiger partial charge in [0.25, 0.3) is 0 Å². The lowest BCUT2D eigenvalue weighted by Gasteiger charge is -2.23. The van der Waals surface area contributed by atoms with Crippen molar-refractivity contribution in [2.45, 2.75) is 6.23 Å². The molecule has 0 bridgehead atoms. The van der Waals surface area contributed by atoms with E-state index in [1.165, 1.54) is 10.8 Å². The van der Waals surface area contributed by atoms with Gasteiger partial charge in [0.15, 0.2) is 6.23 Å². The summed E-state index contributed by atoms with van der Waals surface area (Å²) >= 11 is 0. The topological polar surface area (TPSA) is 63.8 Å². The van der Waals surface area contributed by atoms with Crippen LogP contribution in [0.1, 0.15) is 11.9 Å². The van der Waals surface area contributed by atoms with Crippen LogP contribution in [0.4, 0.5) is 5.69 Å². The van der Waals surface area contributed by atoms with Crippen molar-refractivity contribution in [1.82, 2.24) is 9.97 Å². The summed E-state index contributed by atoms with van der Waals surface area (Å²) in [5, 5.41) is 17.2. The van der Waals surface area contributed by atoms with Gasteiger partial charge in [-0.2, -0.15) is 0 Å². The molecule has 0 aliphatic carbocycles. The van der Waals surface area contributed by atoms with Crippen LogP contribution in [0.3, 0.4) is 0 Å². The van der Waals surface area contributed by atoms with Crippen LogP contribution in [0.5, 0.6) is 0 Å². The fraction of sp³-hybridized carbons (Fsp3) is 0.0476. The molecule has 0 fully saturated rings. The van der Waals surface area contributed by atoms with Crippen LogP contribution >= 0.6 is 0 Å². The number of hydrogen-bond donors (Lipinski definition) is 4. The van der Waals surface area contributed by atoms with Crippen molar-refractivity contribution >= 4 is 38.4 Å². The van der Waals surface area contributed by atoms with E-state index in [-0.39, 0.29) is 0 Å². The van der Waals surface area contributed by atoms with Gasteiger partial charge in [-0.15, -0.1) is 0 Å². The third-order valence-corrected chi connectivity index (χ3v) is 5.21. The second kappa shape index (κ2) is 4.43. The molecule has 3 aromatic carbocycles. The molecule has 1 unspecified atom stereocenters. The Kier molecular flexibility index (Phi) is 2.32. The van der Waals surface area contributed by atoms with E-state index < -0.39 is 6.23 Å². The molecule has 6 rings (SSSR count). The van der Waals surface area contributed by atoms with Crippen molar-refractivity contribution in [1.29, 1.82) is 0 Å². The van der Waals surface area contributed by atoms with Gasteiger partial charge in [-0.05, 0) is 24.3 Å². The monoisotopic (exact) mass is 325 g/mol. The maximum Gasteiger partial charge on any atom is 0.166 e. The predicted octanol–water partition coefficient (Wildman–Crippen LogP) is 4.89. The first-order valence-corrected chi connectivity index (χ1v) is 8.39. The number of fused-ring (bicyclic) bond motifs is 8. The van der Waals surface area contributed by atoms with Gasteiger partial charge in [-0.1, -0.05) is 36.4 Å². The van der Waals surface area contributed by atoms with Crippen molar-refractivity contribution in [3.8, 4) is 11.1 Å². The lowest BCUT2D eigenvalue weighted by atomic mass is 9.95. The summed E-state index contributed by atoms with van der Waals surface area (Å²) < 4.78 is 0. The molecule has 4 N–H and O–H groups in total. The zero-order valence-corrected chi connectivity index (χ0v) is 13.3. The molecule has 4 heteroatoms. The van der Waals surface area contributed by atoms with E-state index >= 15 is 0 Å². The molecule has 1 atom stereocenters. The number of hydrogen-bond acceptors (Lipinski definition) is 2. The van der Waals surface area contributed by atoms with Gasteiger partial charge >= 0.3 is 0 Å². The van der Waals surface area contributed by atoms with Crippen molar-refractivity contribution in [3.63, 3.8) is 0 Å². The Hall–Kier alpha value is -3.24. The largest absolute Gasteiger partial charge is 0.368 e. The number of anilines is 1. The van der Waals surface area contributed by atoms with E-state index in [0.717, 1.165) is 44.4 Å². The normalized spacial score (nSPS) is 16.1. The Morgan fingerprint density at radius 1 is 0.720 bits per heavy atom. The average molecular weight is 325 g/mol. The second-order valence-electron chi connectivity index (χ2n) is 6.62. The lowest BCUT2D eigenvalue weighted by molar-refractivity contribution is 0.203. The number of benzene rings is 3. The van der Waals surface area contributed by atoms with Crippen LogP contribution in [0.25, 0.3) is 43.8 Å². The molecular weight excluding hydrogens is 310 g/mol. The van der Waals surface area contributed by atoms with E-state index in [1.807, 2.05) is 24.3 Å². The third-order valence-electron chi connectivity index (χ3n) is 5.21. The number of H-pyrrole nitrogens is 2. The van der Waals surface area contributed by atoms with Gasteiger partial charge < -0.3 is 20.4 Å². The Balaban J connectivity index is 1.78. The van der Waals surface area contributed by atoms with E-state index in [4.69, 9.17) is 0 Å². The Labute approximate surface area is 143 Å². The molecule has 4 nitrogen and oxygen atoms in total. The summed E-state index contributed by atoms with van der Waals surface area (Å²) in [5.41, 5.74) is 7.26. The zero-order chi connectivity index (χ0) is 16.5. The highest BCUT2D eigenvalue weighted by molar-refractivity contribution is 6.14. The minimum absolute atomic E-state index is 0.729. The summed E-state index contributed by atoms with van der Waals surface area (Å²) in [7, 11) is 0. The quantitative estimate of drug-likeness (QED) is 0.328. The molecule has 0 amide bonds. The molecule has 1 aliphatic heterocycles. The van der Waals surface area contributed by atoms with E-state index in [1.54, 1.807) is 0 Å². The number of aliphatic hydroxyl groups excluding tert-OH is 1. The van der Waals surface area contributed by atoms with Crippen molar-refractivity contribution in [2.75, 3.05) is 5.32 Å². The first kappa shape index (κ1) is 13.1. The van der Waals surface area contributed by atoms with Crippen LogP contribution in [0.15, 0.2) is 60.7 Å². The lowest BCUT2D eigenvalue weighted by Crippen LogP contribution is -2.15. The third kappa shape index (κ3) is 1.64. The van der Waals surface area contributed by atoms with Gasteiger partial charge in [0.2, 0.25) is 0 Å². The van der Waals surface area contributed by atoms with Crippen LogP contribution < -0.4 is 5.32 Å². The predicted molar refractivity (Wildman–Crippen MR) is 102 cm³/mol. The number of aliphatic hydroxyl groups is 1. The van der Waals surface area contributed by atoms with Crippen LogP contribution in [-0.4, -0.2) is 15.1 Å². The van der Waals surface area contributed by atoms with Crippen molar-refractivity contribution in [3.05, 3.63) is 66.4 Å². The Morgan fingerprint density at radius 3 is 2.48 bits per heavy atom. The van der Waals surface area contributed by atoms with Gasteiger partial charge in [0.05, 0.1) is 5.69 Å². The fourth-order valence-corrected chi connectivity index (χ4v) is 4.10. The Bertz CT molecular complexity index is 1290. The summed E-state index contributed by atoms with van der Waals surface area (Å²) in [4.78, 5) is 6.89. The van der Waals surface area contributed by atoms with E-state index in [9.17, 15) is 5.11 Å². The molecule has 25 heavy (non-hydrogen) atoms. The van der Waals surface area contributed by atoms with Crippen molar-refractivity contribution in [2.24, 2.45) is 0 Å². The summed E-state index contributed by atoms with van der Waals surface area (Å²) in [6.07, 6.45) is -0.729. The molecular formula is C21H15N3O. The number of aromatic nitrogens is 2. The van der Waals surface area contributed by atoms with Crippen LogP contribution in [0.2, 0.25) is 0 Å². The molecule has 2 aromatic heterocycles. The summed E-state index contributed by atoms with van der Waals surface area (Å²) in [5.74, 6) is 0. The molecule has 5 aromatic rings. The number of para-hydroxylation sites is 2. The van der Waals surface area contributed by atoms with E-state index in [0.29, 0.717) is 0 Å². The maximum atomic E-state index is 10.5. The molecule has 1 aliphatic rings.